The number of aliphatic hydroxyl groups excluding tert-OH is 1. The number of nitrogens with one attached hydrogen (secondary N) is 1. The predicted octanol–water partition coefficient (Wildman–Crippen LogP) is 1.01. The minimum atomic E-state index is -1.19. The van der Waals surface area contributed by atoms with Crippen molar-refractivity contribution in [1.82, 2.24) is 5.32 Å². The van der Waals surface area contributed by atoms with Crippen molar-refractivity contribution >= 4 is 23.5 Å². The molecule has 104 valence electrons. The highest BCUT2D eigenvalue weighted by molar-refractivity contribution is 6.27. The molecule has 1 amide bonds. The third kappa shape index (κ3) is 4.54. The van der Waals surface area contributed by atoms with Crippen LogP contribution in [0.4, 0.5) is 0 Å². The fraction of sp³-hybridized carbons (Fsp3) is 0.385. The van der Waals surface area contributed by atoms with Gasteiger partial charge >= 0.3 is 5.97 Å². The van der Waals surface area contributed by atoms with Gasteiger partial charge in [0.25, 0.3) is 0 Å². The van der Waals surface area contributed by atoms with Crippen molar-refractivity contribution < 1.29 is 19.4 Å². The smallest absolute Gasteiger partial charge is 0.331 e. The molecule has 0 aliphatic rings. The van der Waals surface area contributed by atoms with Crippen LogP contribution in [0.1, 0.15) is 18.6 Å². The zero-order chi connectivity index (χ0) is 14.3. The lowest BCUT2D eigenvalue weighted by atomic mass is 10.0. The molecule has 0 fully saturated rings. The van der Waals surface area contributed by atoms with E-state index in [-0.39, 0.29) is 12.5 Å². The Morgan fingerprint density at radius 1 is 1.37 bits per heavy atom. The van der Waals surface area contributed by atoms with Gasteiger partial charge in [-0.15, -0.1) is 11.6 Å². The van der Waals surface area contributed by atoms with E-state index in [0.717, 1.165) is 0 Å². The van der Waals surface area contributed by atoms with E-state index < -0.39 is 24.0 Å². The van der Waals surface area contributed by atoms with Crippen molar-refractivity contribution in [2.45, 2.75) is 19.1 Å². The van der Waals surface area contributed by atoms with Gasteiger partial charge in [0.1, 0.15) is 12.0 Å². The Morgan fingerprint density at radius 3 is 2.53 bits per heavy atom. The number of esters is 1. The van der Waals surface area contributed by atoms with Gasteiger partial charge in [0.2, 0.25) is 5.91 Å². The summed E-state index contributed by atoms with van der Waals surface area (Å²) in [6, 6.07) is 7.38. The van der Waals surface area contributed by atoms with Crippen molar-refractivity contribution in [3.05, 3.63) is 35.9 Å². The molecule has 6 heteroatoms. The van der Waals surface area contributed by atoms with Crippen LogP contribution in [0.25, 0.3) is 0 Å². The number of aliphatic hydroxyl groups is 1. The first kappa shape index (κ1) is 15.5. The van der Waals surface area contributed by atoms with E-state index in [1.165, 1.54) is 0 Å². The first-order valence-corrected chi connectivity index (χ1v) is 6.38. The van der Waals surface area contributed by atoms with Gasteiger partial charge in [0, 0.05) is 0 Å². The summed E-state index contributed by atoms with van der Waals surface area (Å²) in [6.07, 6.45) is -1.19. The van der Waals surface area contributed by atoms with Crippen molar-refractivity contribution in [3.8, 4) is 0 Å². The standard InChI is InChI=1S/C13H16ClNO4/c1-2-19-13(18)11(15-10(16)8-14)12(17)9-6-4-3-5-7-9/h3-7,11-12,17H,2,8H2,1H3,(H,15,16). The molecule has 0 saturated heterocycles. The molecule has 1 aromatic rings. The molecule has 5 nitrogen and oxygen atoms in total. The Labute approximate surface area is 116 Å². The number of benzene rings is 1. The first-order valence-electron chi connectivity index (χ1n) is 5.85. The molecule has 2 N–H and O–H groups in total. The summed E-state index contributed by atoms with van der Waals surface area (Å²) in [5.74, 6) is -1.54. The molecular formula is C13H16ClNO4. The second-order valence-electron chi connectivity index (χ2n) is 3.79. The lowest BCUT2D eigenvalue weighted by molar-refractivity contribution is -0.150. The van der Waals surface area contributed by atoms with E-state index in [1.807, 2.05) is 0 Å². The van der Waals surface area contributed by atoms with Crippen molar-refractivity contribution in [3.63, 3.8) is 0 Å². The average Bonchev–Trinajstić information content (AvgIpc) is 2.44. The summed E-state index contributed by atoms with van der Waals surface area (Å²) in [5.41, 5.74) is 0.510. The third-order valence-electron chi connectivity index (χ3n) is 2.44. The van der Waals surface area contributed by atoms with Crippen LogP contribution in [-0.2, 0) is 14.3 Å². The highest BCUT2D eigenvalue weighted by Crippen LogP contribution is 2.17. The summed E-state index contributed by atoms with van der Waals surface area (Å²) < 4.78 is 4.84. The third-order valence-corrected chi connectivity index (χ3v) is 2.68. The van der Waals surface area contributed by atoms with Gasteiger partial charge in [-0.2, -0.15) is 0 Å². The summed E-state index contributed by atoms with van der Waals surface area (Å²) in [5, 5.41) is 12.5. The maximum absolute atomic E-state index is 11.8. The molecule has 0 radical (unpaired) electrons. The molecule has 0 heterocycles. The molecule has 0 aliphatic heterocycles. The Bertz CT molecular complexity index is 424. The van der Waals surface area contributed by atoms with E-state index in [9.17, 15) is 14.7 Å². The summed E-state index contributed by atoms with van der Waals surface area (Å²) >= 11 is 5.38. The van der Waals surface area contributed by atoms with Crippen LogP contribution < -0.4 is 5.32 Å². The number of rotatable bonds is 6. The van der Waals surface area contributed by atoms with E-state index in [4.69, 9.17) is 16.3 Å². The predicted molar refractivity (Wildman–Crippen MR) is 70.7 cm³/mol. The number of alkyl halides is 1. The van der Waals surface area contributed by atoms with E-state index in [1.54, 1.807) is 37.3 Å². The first-order chi connectivity index (χ1) is 9.10. The summed E-state index contributed by atoms with van der Waals surface area (Å²) in [4.78, 5) is 23.1. The highest BCUT2D eigenvalue weighted by atomic mass is 35.5. The number of hydrogen-bond donors (Lipinski definition) is 2. The number of carbonyl (C=O) groups excluding carboxylic acids is 2. The molecule has 0 bridgehead atoms. The van der Waals surface area contributed by atoms with Crippen LogP contribution in [0, 0.1) is 0 Å². The molecule has 2 unspecified atom stereocenters. The van der Waals surface area contributed by atoms with E-state index in [0.29, 0.717) is 5.56 Å². The second kappa shape index (κ2) is 7.76. The van der Waals surface area contributed by atoms with Crippen molar-refractivity contribution in [2.24, 2.45) is 0 Å². The maximum atomic E-state index is 11.8. The summed E-state index contributed by atoms with van der Waals surface area (Å²) in [6.45, 7) is 1.81. The van der Waals surface area contributed by atoms with Gasteiger partial charge in [-0.05, 0) is 12.5 Å². The van der Waals surface area contributed by atoms with Crippen molar-refractivity contribution in [2.75, 3.05) is 12.5 Å². The fourth-order valence-corrected chi connectivity index (χ4v) is 1.63. The van der Waals surface area contributed by atoms with Crippen LogP contribution in [0.2, 0.25) is 0 Å². The minimum Gasteiger partial charge on any atom is -0.464 e. The SMILES string of the molecule is CCOC(=O)C(NC(=O)CCl)C(O)c1ccccc1. The Balaban J connectivity index is 2.89. The van der Waals surface area contributed by atoms with Crippen LogP contribution in [0.15, 0.2) is 30.3 Å². The summed E-state index contributed by atoms with van der Waals surface area (Å²) in [7, 11) is 0. The van der Waals surface area contributed by atoms with Crippen LogP contribution in [0.5, 0.6) is 0 Å². The van der Waals surface area contributed by atoms with Gasteiger partial charge in [0.05, 0.1) is 6.61 Å². The van der Waals surface area contributed by atoms with Crippen molar-refractivity contribution in [1.29, 1.82) is 0 Å². The second-order valence-corrected chi connectivity index (χ2v) is 4.05. The van der Waals surface area contributed by atoms with Gasteiger partial charge in [-0.3, -0.25) is 4.79 Å². The van der Waals surface area contributed by atoms with Gasteiger partial charge < -0.3 is 15.2 Å². The quantitative estimate of drug-likeness (QED) is 0.604. The van der Waals surface area contributed by atoms with Gasteiger partial charge in [-0.25, -0.2) is 4.79 Å². The Hall–Kier alpha value is -1.59. The molecule has 0 aliphatic carbocycles. The normalized spacial score (nSPS) is 13.4. The molecule has 19 heavy (non-hydrogen) atoms. The lowest BCUT2D eigenvalue weighted by Gasteiger charge is -2.22. The Kier molecular flexibility index (Phi) is 6.32. The van der Waals surface area contributed by atoms with E-state index in [2.05, 4.69) is 5.32 Å². The molecule has 1 rings (SSSR count). The minimum absolute atomic E-state index is 0.160. The Morgan fingerprint density at radius 2 is 2.00 bits per heavy atom. The maximum Gasteiger partial charge on any atom is 0.331 e. The number of halogens is 1. The molecular weight excluding hydrogens is 270 g/mol. The number of amides is 1. The zero-order valence-electron chi connectivity index (χ0n) is 10.5. The topological polar surface area (TPSA) is 75.6 Å². The largest absolute Gasteiger partial charge is 0.464 e. The van der Waals surface area contributed by atoms with Crippen LogP contribution in [-0.4, -0.2) is 35.5 Å². The van der Waals surface area contributed by atoms with Gasteiger partial charge in [0.15, 0.2) is 6.04 Å². The lowest BCUT2D eigenvalue weighted by Crippen LogP contribution is -2.46. The monoisotopic (exact) mass is 285 g/mol. The number of ether oxygens (including phenoxy) is 1. The average molecular weight is 286 g/mol. The molecule has 0 saturated carbocycles. The van der Waals surface area contributed by atoms with E-state index >= 15 is 0 Å². The molecule has 0 spiro atoms. The number of hydrogen-bond acceptors (Lipinski definition) is 4. The van der Waals surface area contributed by atoms with Crippen LogP contribution in [0.3, 0.4) is 0 Å². The highest BCUT2D eigenvalue weighted by Gasteiger charge is 2.30. The zero-order valence-corrected chi connectivity index (χ0v) is 11.3. The fourth-order valence-electron chi connectivity index (χ4n) is 1.55. The molecule has 1 aromatic carbocycles. The van der Waals surface area contributed by atoms with Crippen LogP contribution >= 0.6 is 11.6 Å². The van der Waals surface area contributed by atoms with Gasteiger partial charge in [-0.1, -0.05) is 30.3 Å². The molecule has 0 aromatic heterocycles. The number of carbonyl (C=O) groups is 2. The molecule has 2 atom stereocenters.